The zero-order valence-corrected chi connectivity index (χ0v) is 12.6. The molecule has 3 rings (SSSR count). The van der Waals surface area contributed by atoms with Gasteiger partial charge in [0.25, 0.3) is 0 Å². The smallest absolute Gasteiger partial charge is 0.147 e. The number of benzene rings is 2. The van der Waals surface area contributed by atoms with E-state index in [0.717, 1.165) is 16.8 Å². The molecule has 0 fully saturated rings. The Morgan fingerprint density at radius 3 is 2.95 bits per heavy atom. The Labute approximate surface area is 124 Å². The van der Waals surface area contributed by atoms with E-state index in [2.05, 4.69) is 45.5 Å². The highest BCUT2D eigenvalue weighted by molar-refractivity contribution is 9.10. The molecule has 1 aliphatic heterocycles. The van der Waals surface area contributed by atoms with E-state index in [-0.39, 0.29) is 5.82 Å². The van der Waals surface area contributed by atoms with Gasteiger partial charge in [-0.3, -0.25) is 0 Å². The van der Waals surface area contributed by atoms with E-state index >= 15 is 0 Å². The third-order valence-corrected chi connectivity index (χ3v) is 5.01. The zero-order valence-electron chi connectivity index (χ0n) is 10.2. The summed E-state index contributed by atoms with van der Waals surface area (Å²) in [4.78, 5) is 1.35. The number of anilines is 1. The average molecular weight is 338 g/mol. The molecule has 1 aliphatic rings. The fraction of sp³-hybridized carbons (Fsp3) is 0.200. The van der Waals surface area contributed by atoms with Crippen molar-refractivity contribution in [1.82, 2.24) is 0 Å². The molecule has 0 aliphatic carbocycles. The predicted octanol–water partition coefficient (Wildman–Crippen LogP) is 4.89. The Bertz CT molecular complexity index is 602. The molecule has 4 heteroatoms. The minimum absolute atomic E-state index is 0.215. The van der Waals surface area contributed by atoms with E-state index in [9.17, 15) is 4.39 Å². The summed E-state index contributed by atoms with van der Waals surface area (Å²) < 4.78 is 14.5. The molecule has 0 saturated carbocycles. The van der Waals surface area contributed by atoms with Crippen molar-refractivity contribution in [3.05, 3.63) is 58.3 Å². The van der Waals surface area contributed by atoms with Crippen molar-refractivity contribution in [3.8, 4) is 0 Å². The van der Waals surface area contributed by atoms with Crippen molar-refractivity contribution in [2.24, 2.45) is 0 Å². The molecule has 0 bridgehead atoms. The molecular formula is C15H13BrFNS. The Morgan fingerprint density at radius 1 is 1.26 bits per heavy atom. The van der Waals surface area contributed by atoms with Gasteiger partial charge in [-0.2, -0.15) is 0 Å². The highest BCUT2D eigenvalue weighted by atomic mass is 79.9. The summed E-state index contributed by atoms with van der Waals surface area (Å²) in [5.41, 5.74) is 1.94. The molecule has 1 heterocycles. The first kappa shape index (κ1) is 13.0. The molecule has 0 amide bonds. The molecule has 0 aromatic heterocycles. The first-order valence-electron chi connectivity index (χ1n) is 6.14. The van der Waals surface area contributed by atoms with Gasteiger partial charge in [0.15, 0.2) is 0 Å². The lowest BCUT2D eigenvalue weighted by atomic mass is 10.0. The van der Waals surface area contributed by atoms with Crippen LogP contribution in [-0.4, -0.2) is 12.3 Å². The summed E-state index contributed by atoms with van der Waals surface area (Å²) in [6.07, 6.45) is 0. The van der Waals surface area contributed by atoms with Crippen LogP contribution in [-0.2, 0) is 0 Å². The van der Waals surface area contributed by atoms with E-state index < -0.39 is 0 Å². The van der Waals surface area contributed by atoms with Crippen molar-refractivity contribution in [2.45, 2.75) is 10.8 Å². The topological polar surface area (TPSA) is 12.0 Å². The van der Waals surface area contributed by atoms with Crippen molar-refractivity contribution >= 4 is 33.4 Å². The summed E-state index contributed by atoms with van der Waals surface area (Å²) in [6.45, 7) is 0.766. The van der Waals surface area contributed by atoms with Gasteiger partial charge >= 0.3 is 0 Å². The number of nitrogens with one attached hydrogen (secondary N) is 1. The van der Waals surface area contributed by atoms with Crippen molar-refractivity contribution in [3.63, 3.8) is 0 Å². The van der Waals surface area contributed by atoms with Gasteiger partial charge in [0, 0.05) is 27.6 Å². The predicted molar refractivity (Wildman–Crippen MR) is 82.5 cm³/mol. The van der Waals surface area contributed by atoms with Crippen molar-refractivity contribution in [2.75, 3.05) is 17.6 Å². The SMILES string of the molecule is Fc1cc(Br)ccc1NCC1CSc2ccccc21. The third kappa shape index (κ3) is 2.79. The molecule has 1 unspecified atom stereocenters. The Morgan fingerprint density at radius 2 is 2.11 bits per heavy atom. The van der Waals surface area contributed by atoms with Crippen LogP contribution < -0.4 is 5.32 Å². The molecule has 2 aromatic carbocycles. The Kier molecular flexibility index (Phi) is 3.80. The Hall–Kier alpha value is -1.00. The maximum Gasteiger partial charge on any atom is 0.147 e. The molecule has 98 valence electrons. The zero-order chi connectivity index (χ0) is 13.2. The highest BCUT2D eigenvalue weighted by Crippen LogP contribution is 2.39. The van der Waals surface area contributed by atoms with E-state index in [4.69, 9.17) is 0 Å². The second-order valence-electron chi connectivity index (χ2n) is 4.55. The lowest BCUT2D eigenvalue weighted by molar-refractivity contribution is 0.628. The van der Waals surface area contributed by atoms with E-state index in [1.807, 2.05) is 17.8 Å². The van der Waals surface area contributed by atoms with Crippen LogP contribution in [0.4, 0.5) is 10.1 Å². The van der Waals surface area contributed by atoms with Gasteiger partial charge in [-0.25, -0.2) is 4.39 Å². The van der Waals surface area contributed by atoms with Gasteiger partial charge in [0.2, 0.25) is 0 Å². The summed E-state index contributed by atoms with van der Waals surface area (Å²) in [6, 6.07) is 13.6. The molecule has 1 atom stereocenters. The van der Waals surface area contributed by atoms with Crippen LogP contribution in [0.15, 0.2) is 51.8 Å². The quantitative estimate of drug-likeness (QED) is 0.855. The molecule has 19 heavy (non-hydrogen) atoms. The second kappa shape index (κ2) is 5.55. The molecule has 0 saturated heterocycles. The van der Waals surface area contributed by atoms with Gasteiger partial charge < -0.3 is 5.32 Å². The Balaban J connectivity index is 1.71. The molecule has 0 radical (unpaired) electrons. The maximum atomic E-state index is 13.7. The lowest BCUT2D eigenvalue weighted by Gasteiger charge is -2.13. The highest BCUT2D eigenvalue weighted by Gasteiger charge is 2.22. The molecular weight excluding hydrogens is 325 g/mol. The monoisotopic (exact) mass is 337 g/mol. The lowest BCUT2D eigenvalue weighted by Crippen LogP contribution is -2.13. The van der Waals surface area contributed by atoms with Crippen molar-refractivity contribution in [1.29, 1.82) is 0 Å². The largest absolute Gasteiger partial charge is 0.382 e. The third-order valence-electron chi connectivity index (χ3n) is 3.27. The summed E-state index contributed by atoms with van der Waals surface area (Å²) in [5.74, 6) is 1.29. The minimum Gasteiger partial charge on any atom is -0.382 e. The second-order valence-corrected chi connectivity index (χ2v) is 6.53. The van der Waals surface area contributed by atoms with Gasteiger partial charge in [0.1, 0.15) is 5.82 Å². The van der Waals surface area contributed by atoms with E-state index in [1.165, 1.54) is 16.5 Å². The number of thioether (sulfide) groups is 1. The number of hydrogen-bond donors (Lipinski definition) is 1. The van der Waals surface area contributed by atoms with Crippen LogP contribution in [0.25, 0.3) is 0 Å². The minimum atomic E-state index is -0.215. The number of rotatable bonds is 3. The summed E-state index contributed by atoms with van der Waals surface area (Å²) in [5, 5.41) is 3.21. The number of fused-ring (bicyclic) bond motifs is 1. The number of halogens is 2. The van der Waals surface area contributed by atoms with Crippen LogP contribution in [0, 0.1) is 5.82 Å². The van der Waals surface area contributed by atoms with Gasteiger partial charge in [0.05, 0.1) is 5.69 Å². The van der Waals surface area contributed by atoms with Crippen LogP contribution in [0.5, 0.6) is 0 Å². The van der Waals surface area contributed by atoms with Gasteiger partial charge in [-0.05, 0) is 29.8 Å². The van der Waals surface area contributed by atoms with Gasteiger partial charge in [-0.1, -0.05) is 34.1 Å². The first-order chi connectivity index (χ1) is 9.24. The van der Waals surface area contributed by atoms with Gasteiger partial charge in [-0.15, -0.1) is 11.8 Å². The van der Waals surface area contributed by atoms with Crippen LogP contribution in [0.2, 0.25) is 0 Å². The maximum absolute atomic E-state index is 13.7. The standard InChI is InChI=1S/C15H13BrFNS/c16-11-5-6-14(13(17)7-11)18-8-10-9-19-15-4-2-1-3-12(10)15/h1-7,10,18H,8-9H2. The van der Waals surface area contributed by atoms with E-state index in [1.54, 1.807) is 6.07 Å². The summed E-state index contributed by atoms with van der Waals surface area (Å²) in [7, 11) is 0. The van der Waals surface area contributed by atoms with Crippen molar-refractivity contribution < 1.29 is 4.39 Å². The first-order valence-corrected chi connectivity index (χ1v) is 7.92. The van der Waals surface area contributed by atoms with Crippen LogP contribution in [0.1, 0.15) is 11.5 Å². The molecule has 0 spiro atoms. The normalized spacial score (nSPS) is 17.3. The van der Waals surface area contributed by atoms with E-state index in [0.29, 0.717) is 11.6 Å². The van der Waals surface area contributed by atoms with Crippen LogP contribution >= 0.6 is 27.7 Å². The molecule has 1 nitrogen and oxygen atoms in total. The number of hydrogen-bond acceptors (Lipinski definition) is 2. The fourth-order valence-electron chi connectivity index (χ4n) is 2.26. The fourth-order valence-corrected chi connectivity index (χ4v) is 3.85. The van der Waals surface area contributed by atoms with Crippen LogP contribution in [0.3, 0.4) is 0 Å². The molecule has 2 aromatic rings. The summed E-state index contributed by atoms with van der Waals surface area (Å²) >= 11 is 5.14. The average Bonchev–Trinajstić information content (AvgIpc) is 2.81. The molecule has 1 N–H and O–H groups in total.